The highest BCUT2D eigenvalue weighted by atomic mass is 16.4. The lowest BCUT2D eigenvalue weighted by molar-refractivity contribution is -0.165. The van der Waals surface area contributed by atoms with Gasteiger partial charge >= 0.3 is 11.9 Å². The van der Waals surface area contributed by atoms with E-state index in [2.05, 4.69) is 27.1 Å². The van der Waals surface area contributed by atoms with Gasteiger partial charge in [-0.1, -0.05) is 24.1 Å². The Hall–Kier alpha value is -5.85. The van der Waals surface area contributed by atoms with Crippen LogP contribution in [0.1, 0.15) is 42.0 Å². The van der Waals surface area contributed by atoms with Crippen molar-refractivity contribution in [3.8, 4) is 23.1 Å². The fourth-order valence-corrected chi connectivity index (χ4v) is 4.66. The van der Waals surface area contributed by atoms with Gasteiger partial charge in [-0.3, -0.25) is 14.0 Å². The molecule has 2 amide bonds. The summed E-state index contributed by atoms with van der Waals surface area (Å²) in [4.78, 5) is 59.8. The van der Waals surface area contributed by atoms with Gasteiger partial charge in [0.05, 0.1) is 6.04 Å². The largest absolute Gasteiger partial charge is 0.479 e. The summed E-state index contributed by atoms with van der Waals surface area (Å²) in [5, 5.41) is 35.3. The summed E-state index contributed by atoms with van der Waals surface area (Å²) in [6, 6.07) is 12.2. The van der Waals surface area contributed by atoms with E-state index in [1.165, 1.54) is 0 Å². The second kappa shape index (κ2) is 14.1. The van der Waals surface area contributed by atoms with Gasteiger partial charge in [0.25, 0.3) is 11.8 Å². The zero-order valence-corrected chi connectivity index (χ0v) is 23.9. The summed E-state index contributed by atoms with van der Waals surface area (Å²) in [5.41, 5.74) is 8.84. The lowest BCUT2D eigenvalue weighted by Gasteiger charge is -2.21. The summed E-state index contributed by atoms with van der Waals surface area (Å²) in [6.45, 7) is 2.28. The smallest absolute Gasteiger partial charge is 0.335 e. The molecule has 0 aliphatic carbocycles. The molecule has 1 aliphatic heterocycles. The molecule has 3 aromatic heterocycles. The van der Waals surface area contributed by atoms with Crippen molar-refractivity contribution < 1.29 is 39.6 Å². The van der Waals surface area contributed by atoms with Crippen LogP contribution in [0.5, 0.6) is 0 Å². The number of aliphatic carboxylic acids is 2. The third-order valence-corrected chi connectivity index (χ3v) is 6.79. The number of fused-ring (bicyclic) bond motifs is 1. The Morgan fingerprint density at radius 1 is 1.00 bits per heavy atom. The first-order chi connectivity index (χ1) is 21.5. The number of nitrogen functional groups attached to an aromatic ring is 1. The lowest BCUT2D eigenvalue weighted by Crippen LogP contribution is -2.39. The van der Waals surface area contributed by atoms with Gasteiger partial charge in [0.15, 0.2) is 12.2 Å². The number of likely N-dealkylation sites (tertiary alicyclic amines) is 1. The number of aliphatic hydroxyl groups excluding tert-OH is 2. The number of amides is 2. The first kappa shape index (κ1) is 32.1. The maximum atomic E-state index is 12.6. The van der Waals surface area contributed by atoms with E-state index >= 15 is 0 Å². The number of nitrogens with two attached hydrogens (primary N) is 1. The summed E-state index contributed by atoms with van der Waals surface area (Å²) in [6.07, 6.45) is 2.16. The van der Waals surface area contributed by atoms with Gasteiger partial charge in [-0.2, -0.15) is 0 Å². The Kier molecular flexibility index (Phi) is 10.0. The van der Waals surface area contributed by atoms with Crippen molar-refractivity contribution in [2.45, 2.75) is 38.0 Å². The molecule has 1 saturated heterocycles. The first-order valence-electron chi connectivity index (χ1n) is 13.5. The Morgan fingerprint density at radius 3 is 2.29 bits per heavy atom. The highest BCUT2D eigenvalue weighted by Gasteiger charge is 2.33. The molecule has 0 bridgehead atoms. The molecule has 0 radical (unpaired) electrons. The average molecular weight is 616 g/mol. The molecule has 0 spiro atoms. The van der Waals surface area contributed by atoms with E-state index in [1.807, 2.05) is 16.5 Å². The number of pyridine rings is 1. The van der Waals surface area contributed by atoms with E-state index in [9.17, 15) is 19.2 Å². The van der Waals surface area contributed by atoms with Crippen LogP contribution in [0.3, 0.4) is 0 Å². The van der Waals surface area contributed by atoms with Crippen molar-refractivity contribution in [2.75, 3.05) is 17.6 Å². The minimum absolute atomic E-state index is 0.210. The van der Waals surface area contributed by atoms with Crippen molar-refractivity contribution in [3.05, 3.63) is 72.4 Å². The molecule has 45 heavy (non-hydrogen) atoms. The highest BCUT2D eigenvalue weighted by molar-refractivity contribution is 6.04. The van der Waals surface area contributed by atoms with E-state index in [1.54, 1.807) is 60.7 Å². The molecular weight excluding hydrogens is 586 g/mol. The number of hydrogen-bond donors (Lipinski definition) is 6. The highest BCUT2D eigenvalue weighted by Crippen LogP contribution is 2.36. The Bertz CT molecular complexity index is 1760. The minimum Gasteiger partial charge on any atom is -0.479 e. The molecule has 4 heterocycles. The molecule has 15 nitrogen and oxygen atoms in total. The topological polar surface area (TPSA) is 234 Å². The number of carboxylic acids is 2. The SMILES string of the molecule is CC#CC(=O)N1CCC[C@H]1c1nc(-c2ccc(C(=O)Nc3ccccn3)cc2)c2c(N)nccn12.O=C(O)[C@H](O)[C@@H](O)C(=O)O. The van der Waals surface area contributed by atoms with Gasteiger partial charge in [-0.05, 0) is 50.0 Å². The van der Waals surface area contributed by atoms with Crippen LogP contribution in [0.25, 0.3) is 16.8 Å². The number of carbonyl (C=O) groups excluding carboxylic acids is 2. The molecule has 232 valence electrons. The third kappa shape index (κ3) is 7.21. The van der Waals surface area contributed by atoms with Gasteiger partial charge in [0.2, 0.25) is 0 Å². The van der Waals surface area contributed by atoms with Crippen LogP contribution >= 0.6 is 0 Å². The summed E-state index contributed by atoms with van der Waals surface area (Å²) < 4.78 is 1.90. The normalized spacial score (nSPS) is 15.2. The number of aliphatic hydroxyl groups is 2. The Morgan fingerprint density at radius 2 is 1.69 bits per heavy atom. The number of hydrogen-bond acceptors (Lipinski definition) is 10. The second-order valence-corrected chi connectivity index (χ2v) is 9.69. The van der Waals surface area contributed by atoms with E-state index in [0.29, 0.717) is 40.8 Å². The number of anilines is 2. The molecule has 1 fully saturated rings. The monoisotopic (exact) mass is 615 g/mol. The van der Waals surface area contributed by atoms with Gasteiger partial charge in [-0.25, -0.2) is 24.5 Å². The van der Waals surface area contributed by atoms with Crippen LogP contribution in [-0.4, -0.2) is 87.2 Å². The average Bonchev–Trinajstić information content (AvgIpc) is 3.67. The molecule has 0 saturated carbocycles. The number of carbonyl (C=O) groups is 4. The van der Waals surface area contributed by atoms with E-state index in [4.69, 9.17) is 31.1 Å². The summed E-state index contributed by atoms with van der Waals surface area (Å²) in [5.74, 6) is 2.85. The Labute approximate surface area is 256 Å². The fourth-order valence-electron chi connectivity index (χ4n) is 4.66. The third-order valence-electron chi connectivity index (χ3n) is 6.79. The van der Waals surface area contributed by atoms with Crippen molar-refractivity contribution in [1.82, 2.24) is 24.3 Å². The molecule has 4 aromatic rings. The van der Waals surface area contributed by atoms with Crippen LogP contribution < -0.4 is 11.1 Å². The molecule has 15 heteroatoms. The second-order valence-electron chi connectivity index (χ2n) is 9.69. The van der Waals surface area contributed by atoms with E-state index < -0.39 is 24.1 Å². The van der Waals surface area contributed by atoms with Crippen LogP contribution in [0.4, 0.5) is 11.6 Å². The zero-order valence-electron chi connectivity index (χ0n) is 23.9. The van der Waals surface area contributed by atoms with Crippen molar-refractivity contribution in [1.29, 1.82) is 0 Å². The number of nitrogens with one attached hydrogen (secondary N) is 1. The van der Waals surface area contributed by atoms with Gasteiger partial charge < -0.3 is 36.4 Å². The maximum absolute atomic E-state index is 12.6. The van der Waals surface area contributed by atoms with Crippen LogP contribution in [0.2, 0.25) is 0 Å². The molecule has 5 rings (SSSR count). The van der Waals surface area contributed by atoms with E-state index in [-0.39, 0.29) is 17.9 Å². The number of benzene rings is 1. The van der Waals surface area contributed by atoms with Crippen molar-refractivity contribution in [2.24, 2.45) is 0 Å². The molecule has 7 N–H and O–H groups in total. The van der Waals surface area contributed by atoms with Crippen LogP contribution in [0, 0.1) is 11.8 Å². The standard InChI is InChI=1S/C26H23N7O2.C4H6O6/c1-2-6-21(34)32-15-5-7-19(32)25-31-22(23-24(27)29-14-16-33(23)25)17-9-11-18(12-10-17)26(35)30-20-8-3-4-13-28-20;5-1(3(7)8)2(6)4(9)10/h3-4,8-14,16,19H,5,7,15H2,1H3,(H2,27,29)(H,28,30,35);1-2,5-6H,(H,7,8)(H,9,10)/t19-;1-,2-/m01/s1. The molecular formula is C30H29N7O8. The fraction of sp³-hybridized carbons (Fsp3) is 0.233. The zero-order chi connectivity index (χ0) is 32.7. The number of nitrogens with zero attached hydrogens (tertiary/aromatic N) is 5. The van der Waals surface area contributed by atoms with Crippen LogP contribution in [-0.2, 0) is 14.4 Å². The quantitative estimate of drug-likeness (QED) is 0.161. The number of rotatable bonds is 7. The van der Waals surface area contributed by atoms with E-state index in [0.717, 1.165) is 18.4 Å². The number of carboxylic acid groups (broad SMARTS) is 2. The summed E-state index contributed by atoms with van der Waals surface area (Å²) >= 11 is 0. The van der Waals surface area contributed by atoms with Crippen molar-refractivity contribution >= 4 is 40.9 Å². The predicted molar refractivity (Wildman–Crippen MR) is 159 cm³/mol. The summed E-state index contributed by atoms with van der Waals surface area (Å²) in [7, 11) is 0. The maximum Gasteiger partial charge on any atom is 0.335 e. The number of aromatic nitrogens is 4. The minimum atomic E-state index is -2.27. The van der Waals surface area contributed by atoms with Crippen molar-refractivity contribution in [3.63, 3.8) is 0 Å². The van der Waals surface area contributed by atoms with Crippen LogP contribution in [0.15, 0.2) is 61.1 Å². The lowest BCUT2D eigenvalue weighted by atomic mass is 10.1. The molecule has 1 aliphatic rings. The van der Waals surface area contributed by atoms with Gasteiger partial charge in [0.1, 0.15) is 28.7 Å². The van der Waals surface area contributed by atoms with Gasteiger partial charge in [0, 0.05) is 36.3 Å². The Balaban J connectivity index is 0.000000399. The molecule has 3 atom stereocenters. The van der Waals surface area contributed by atoms with Gasteiger partial charge in [-0.15, -0.1) is 0 Å². The first-order valence-corrected chi connectivity index (χ1v) is 13.5. The molecule has 1 aromatic carbocycles. The predicted octanol–water partition coefficient (Wildman–Crippen LogP) is 1.19. The molecule has 0 unspecified atom stereocenters. The number of imidazole rings is 1.